The second-order valence-electron chi connectivity index (χ2n) is 3.28. The minimum absolute atomic E-state index is 0.314. The SMILES string of the molecule is COc1nccc(COc2nn(C)cc2Br)n1. The summed E-state index contributed by atoms with van der Waals surface area (Å²) in [5, 5.41) is 4.14. The maximum atomic E-state index is 5.52. The van der Waals surface area contributed by atoms with E-state index in [0.717, 1.165) is 10.2 Å². The second-order valence-corrected chi connectivity index (χ2v) is 4.13. The number of hydrogen-bond acceptors (Lipinski definition) is 5. The molecule has 0 atom stereocenters. The van der Waals surface area contributed by atoms with Crippen LogP contribution in [0, 0.1) is 0 Å². The van der Waals surface area contributed by atoms with E-state index in [1.807, 2.05) is 13.2 Å². The van der Waals surface area contributed by atoms with Gasteiger partial charge in [0, 0.05) is 19.4 Å². The van der Waals surface area contributed by atoms with Crippen LogP contribution in [0.2, 0.25) is 0 Å². The summed E-state index contributed by atoms with van der Waals surface area (Å²) >= 11 is 3.35. The average Bonchev–Trinajstić information content (AvgIpc) is 2.65. The minimum Gasteiger partial charge on any atom is -0.469 e. The first-order valence-corrected chi connectivity index (χ1v) is 5.66. The lowest BCUT2D eigenvalue weighted by atomic mass is 10.4. The van der Waals surface area contributed by atoms with Crippen LogP contribution < -0.4 is 9.47 Å². The standard InChI is InChI=1S/C10H11BrN4O2/c1-15-5-8(11)9(14-15)17-6-7-3-4-12-10(13-7)16-2/h3-5H,6H2,1-2H3. The molecule has 0 aromatic carbocycles. The van der Waals surface area contributed by atoms with Gasteiger partial charge in [-0.1, -0.05) is 0 Å². The summed E-state index contributed by atoms with van der Waals surface area (Å²) in [7, 11) is 3.35. The first-order valence-electron chi connectivity index (χ1n) is 4.87. The van der Waals surface area contributed by atoms with Gasteiger partial charge in [0.15, 0.2) is 0 Å². The van der Waals surface area contributed by atoms with Gasteiger partial charge in [-0.05, 0) is 22.0 Å². The average molecular weight is 299 g/mol. The van der Waals surface area contributed by atoms with Crippen molar-refractivity contribution in [1.82, 2.24) is 19.7 Å². The fraction of sp³-hybridized carbons (Fsp3) is 0.300. The molecule has 2 heterocycles. The van der Waals surface area contributed by atoms with Crippen molar-refractivity contribution in [3.8, 4) is 11.9 Å². The predicted octanol–water partition coefficient (Wildman–Crippen LogP) is 1.56. The third kappa shape index (κ3) is 2.94. The fourth-order valence-electron chi connectivity index (χ4n) is 1.23. The summed E-state index contributed by atoms with van der Waals surface area (Å²) < 4.78 is 12.9. The minimum atomic E-state index is 0.314. The number of aryl methyl sites for hydroxylation is 1. The quantitative estimate of drug-likeness (QED) is 0.857. The van der Waals surface area contributed by atoms with Gasteiger partial charge < -0.3 is 9.47 Å². The topological polar surface area (TPSA) is 62.1 Å². The molecule has 0 radical (unpaired) electrons. The van der Waals surface area contributed by atoms with Gasteiger partial charge >= 0.3 is 6.01 Å². The first kappa shape index (κ1) is 11.8. The number of rotatable bonds is 4. The molecule has 0 fully saturated rings. The fourth-order valence-corrected chi connectivity index (χ4v) is 1.72. The molecule has 6 nitrogen and oxygen atoms in total. The van der Waals surface area contributed by atoms with Gasteiger partial charge in [-0.2, -0.15) is 4.98 Å². The van der Waals surface area contributed by atoms with Crippen LogP contribution in [0.1, 0.15) is 5.69 Å². The number of aromatic nitrogens is 4. The Morgan fingerprint density at radius 2 is 2.29 bits per heavy atom. The largest absolute Gasteiger partial charge is 0.469 e. The normalized spacial score (nSPS) is 10.3. The number of ether oxygens (including phenoxy) is 2. The lowest BCUT2D eigenvalue weighted by Crippen LogP contribution is -2.02. The molecule has 0 amide bonds. The Kier molecular flexibility index (Phi) is 3.58. The summed E-state index contributed by atoms with van der Waals surface area (Å²) in [6.07, 6.45) is 3.44. The molecule has 7 heteroatoms. The summed E-state index contributed by atoms with van der Waals surface area (Å²) in [5.41, 5.74) is 0.731. The van der Waals surface area contributed by atoms with E-state index >= 15 is 0 Å². The van der Waals surface area contributed by atoms with Crippen LogP contribution in [0.25, 0.3) is 0 Å². The Hall–Kier alpha value is -1.63. The number of methoxy groups -OCH3 is 1. The van der Waals surface area contributed by atoms with E-state index < -0.39 is 0 Å². The number of nitrogens with zero attached hydrogens (tertiary/aromatic N) is 4. The van der Waals surface area contributed by atoms with Gasteiger partial charge in [0.25, 0.3) is 0 Å². The Morgan fingerprint density at radius 1 is 1.47 bits per heavy atom. The van der Waals surface area contributed by atoms with Crippen LogP contribution in [-0.2, 0) is 13.7 Å². The number of hydrogen-bond donors (Lipinski definition) is 0. The van der Waals surface area contributed by atoms with Crippen molar-refractivity contribution in [3.05, 3.63) is 28.6 Å². The molecule has 0 aliphatic carbocycles. The van der Waals surface area contributed by atoms with Crippen LogP contribution in [0.15, 0.2) is 22.9 Å². The smallest absolute Gasteiger partial charge is 0.316 e. The Morgan fingerprint density at radius 3 is 2.94 bits per heavy atom. The predicted molar refractivity (Wildman–Crippen MR) is 63.8 cm³/mol. The number of halogens is 1. The highest BCUT2D eigenvalue weighted by atomic mass is 79.9. The van der Waals surface area contributed by atoms with E-state index in [0.29, 0.717) is 18.5 Å². The van der Waals surface area contributed by atoms with Gasteiger partial charge in [0.2, 0.25) is 5.88 Å². The van der Waals surface area contributed by atoms with Gasteiger partial charge in [-0.25, -0.2) is 4.98 Å². The molecular formula is C10H11BrN4O2. The van der Waals surface area contributed by atoms with E-state index in [-0.39, 0.29) is 0 Å². The van der Waals surface area contributed by atoms with Crippen molar-refractivity contribution in [3.63, 3.8) is 0 Å². The van der Waals surface area contributed by atoms with Gasteiger partial charge in [-0.3, -0.25) is 4.68 Å². The van der Waals surface area contributed by atoms with Gasteiger partial charge in [0.05, 0.1) is 17.3 Å². The van der Waals surface area contributed by atoms with Crippen molar-refractivity contribution in [2.45, 2.75) is 6.61 Å². The highest BCUT2D eigenvalue weighted by Crippen LogP contribution is 2.22. The molecule has 17 heavy (non-hydrogen) atoms. The Bertz CT molecular complexity index is 515. The Balaban J connectivity index is 2.04. The molecule has 90 valence electrons. The van der Waals surface area contributed by atoms with E-state index in [2.05, 4.69) is 31.0 Å². The molecular weight excluding hydrogens is 288 g/mol. The van der Waals surface area contributed by atoms with Crippen LogP contribution >= 0.6 is 15.9 Å². The van der Waals surface area contributed by atoms with Crippen LogP contribution in [0.4, 0.5) is 0 Å². The summed E-state index contributed by atoms with van der Waals surface area (Å²) in [6.45, 7) is 0.314. The molecule has 2 rings (SSSR count). The lowest BCUT2D eigenvalue weighted by Gasteiger charge is -2.03. The summed E-state index contributed by atoms with van der Waals surface area (Å²) in [4.78, 5) is 8.05. The maximum absolute atomic E-state index is 5.52. The molecule has 0 N–H and O–H groups in total. The first-order chi connectivity index (χ1) is 8.19. The van der Waals surface area contributed by atoms with Crippen molar-refractivity contribution in [1.29, 1.82) is 0 Å². The highest BCUT2D eigenvalue weighted by Gasteiger charge is 2.07. The third-order valence-corrected chi connectivity index (χ3v) is 2.53. The monoisotopic (exact) mass is 298 g/mol. The molecule has 0 aliphatic heterocycles. The maximum Gasteiger partial charge on any atom is 0.316 e. The zero-order chi connectivity index (χ0) is 12.3. The van der Waals surface area contributed by atoms with E-state index in [9.17, 15) is 0 Å². The molecule has 0 spiro atoms. The molecule has 2 aromatic rings. The van der Waals surface area contributed by atoms with Crippen molar-refractivity contribution < 1.29 is 9.47 Å². The van der Waals surface area contributed by atoms with Crippen LogP contribution in [-0.4, -0.2) is 26.9 Å². The van der Waals surface area contributed by atoms with E-state index in [1.165, 1.54) is 7.11 Å². The highest BCUT2D eigenvalue weighted by molar-refractivity contribution is 9.10. The van der Waals surface area contributed by atoms with Crippen molar-refractivity contribution >= 4 is 15.9 Å². The molecule has 2 aromatic heterocycles. The molecule has 0 saturated heterocycles. The molecule has 0 unspecified atom stereocenters. The van der Waals surface area contributed by atoms with Crippen molar-refractivity contribution in [2.24, 2.45) is 7.05 Å². The molecule has 0 saturated carbocycles. The van der Waals surface area contributed by atoms with Gasteiger partial charge in [-0.15, -0.1) is 5.10 Å². The summed E-state index contributed by atoms with van der Waals surface area (Å²) in [5.74, 6) is 0.532. The summed E-state index contributed by atoms with van der Waals surface area (Å²) in [6, 6.07) is 2.09. The zero-order valence-corrected chi connectivity index (χ0v) is 11.0. The lowest BCUT2D eigenvalue weighted by molar-refractivity contribution is 0.281. The molecule has 0 aliphatic rings. The van der Waals surface area contributed by atoms with Crippen molar-refractivity contribution in [2.75, 3.05) is 7.11 Å². The van der Waals surface area contributed by atoms with E-state index in [4.69, 9.17) is 9.47 Å². The van der Waals surface area contributed by atoms with Crippen LogP contribution in [0.3, 0.4) is 0 Å². The second kappa shape index (κ2) is 5.13. The molecule has 0 bridgehead atoms. The third-order valence-electron chi connectivity index (χ3n) is 1.98. The van der Waals surface area contributed by atoms with Crippen LogP contribution in [0.5, 0.6) is 11.9 Å². The zero-order valence-electron chi connectivity index (χ0n) is 9.42. The Labute approximate surface area is 107 Å². The van der Waals surface area contributed by atoms with E-state index in [1.54, 1.807) is 16.9 Å². The van der Waals surface area contributed by atoms with Gasteiger partial charge in [0.1, 0.15) is 6.61 Å².